The van der Waals surface area contributed by atoms with Crippen LogP contribution in [0.4, 0.5) is 5.69 Å². The molecule has 5 rings (SSSR count). The number of fused-ring (bicyclic) bond motifs is 2. The number of pyridine rings is 1. The summed E-state index contributed by atoms with van der Waals surface area (Å²) in [4.78, 5) is 25.7. The van der Waals surface area contributed by atoms with Crippen molar-refractivity contribution in [3.8, 4) is 11.4 Å². The van der Waals surface area contributed by atoms with E-state index in [1.54, 1.807) is 0 Å². The van der Waals surface area contributed by atoms with Crippen LogP contribution in [0.3, 0.4) is 0 Å². The zero-order valence-electron chi connectivity index (χ0n) is 15.8. The molecule has 0 bridgehead atoms. The maximum Gasteiger partial charge on any atom is 0.256 e. The molecule has 0 atom stereocenters. The highest BCUT2D eigenvalue weighted by molar-refractivity contribution is 6.13. The number of aryl methyl sites for hydroxylation is 1. The number of nitrogens with zero attached hydrogens (tertiary/aromatic N) is 2. The van der Waals surface area contributed by atoms with Crippen LogP contribution in [0.15, 0.2) is 78.9 Å². The number of para-hydroxylation sites is 4. The van der Waals surface area contributed by atoms with Crippen LogP contribution in [-0.4, -0.2) is 20.9 Å². The van der Waals surface area contributed by atoms with Gasteiger partial charge in [0.2, 0.25) is 0 Å². The van der Waals surface area contributed by atoms with Gasteiger partial charge in [-0.3, -0.25) is 9.78 Å². The number of H-pyrrole nitrogens is 1. The summed E-state index contributed by atoms with van der Waals surface area (Å²) in [5, 5.41) is 3.89. The van der Waals surface area contributed by atoms with Crippen molar-refractivity contribution in [2.75, 3.05) is 5.32 Å². The number of carbonyl (C=O) groups excluding carboxylic acids is 1. The molecule has 0 spiro atoms. The van der Waals surface area contributed by atoms with Crippen molar-refractivity contribution in [2.24, 2.45) is 0 Å². The van der Waals surface area contributed by atoms with Crippen LogP contribution in [0.1, 0.15) is 16.1 Å². The van der Waals surface area contributed by atoms with Gasteiger partial charge >= 0.3 is 0 Å². The van der Waals surface area contributed by atoms with E-state index in [1.807, 2.05) is 85.8 Å². The molecule has 0 saturated carbocycles. The third-order valence-electron chi connectivity index (χ3n) is 4.91. The van der Waals surface area contributed by atoms with Gasteiger partial charge in [-0.25, -0.2) is 4.98 Å². The fourth-order valence-corrected chi connectivity index (χ4v) is 3.56. The zero-order chi connectivity index (χ0) is 19.8. The first-order valence-corrected chi connectivity index (χ1v) is 9.41. The van der Waals surface area contributed by atoms with Gasteiger partial charge in [0, 0.05) is 16.6 Å². The number of amides is 1. The van der Waals surface area contributed by atoms with Crippen LogP contribution in [0.2, 0.25) is 0 Å². The molecule has 140 valence electrons. The minimum Gasteiger partial charge on any atom is -0.338 e. The van der Waals surface area contributed by atoms with E-state index in [4.69, 9.17) is 0 Å². The predicted octanol–water partition coefficient (Wildman–Crippen LogP) is 5.34. The van der Waals surface area contributed by atoms with Crippen molar-refractivity contribution in [3.63, 3.8) is 0 Å². The largest absolute Gasteiger partial charge is 0.338 e. The minimum absolute atomic E-state index is 0.171. The smallest absolute Gasteiger partial charge is 0.256 e. The van der Waals surface area contributed by atoms with Crippen molar-refractivity contribution in [1.29, 1.82) is 0 Å². The molecule has 0 aliphatic rings. The Morgan fingerprint density at radius 1 is 0.862 bits per heavy atom. The molecule has 0 saturated heterocycles. The summed E-state index contributed by atoms with van der Waals surface area (Å²) in [5.74, 6) is 0.549. The lowest BCUT2D eigenvalue weighted by molar-refractivity contribution is 0.102. The van der Waals surface area contributed by atoms with Gasteiger partial charge in [-0.05, 0) is 43.3 Å². The van der Waals surface area contributed by atoms with Gasteiger partial charge in [0.15, 0.2) is 0 Å². The number of hydrogen-bond acceptors (Lipinski definition) is 3. The molecule has 5 aromatic rings. The second-order valence-corrected chi connectivity index (χ2v) is 6.93. The van der Waals surface area contributed by atoms with Crippen molar-refractivity contribution in [1.82, 2.24) is 15.0 Å². The number of benzene rings is 3. The van der Waals surface area contributed by atoms with E-state index < -0.39 is 0 Å². The first-order chi connectivity index (χ1) is 14.2. The first kappa shape index (κ1) is 17.1. The maximum absolute atomic E-state index is 13.2. The van der Waals surface area contributed by atoms with Crippen molar-refractivity contribution < 1.29 is 4.79 Å². The quantitative estimate of drug-likeness (QED) is 0.445. The fourth-order valence-electron chi connectivity index (χ4n) is 3.56. The SMILES string of the molecule is Cc1cc(C(=O)Nc2ccccc2-c2nc3ccccc3[nH]2)c2ccccc2n1. The number of anilines is 1. The molecule has 2 N–H and O–H groups in total. The summed E-state index contributed by atoms with van der Waals surface area (Å²) >= 11 is 0. The zero-order valence-corrected chi connectivity index (χ0v) is 15.8. The molecule has 5 heteroatoms. The summed E-state index contributed by atoms with van der Waals surface area (Å²) in [6.07, 6.45) is 0. The van der Waals surface area contributed by atoms with E-state index in [1.165, 1.54) is 0 Å². The fraction of sp³-hybridized carbons (Fsp3) is 0.0417. The van der Waals surface area contributed by atoms with Gasteiger partial charge in [0.05, 0.1) is 27.8 Å². The van der Waals surface area contributed by atoms with Crippen LogP contribution in [0, 0.1) is 6.92 Å². The van der Waals surface area contributed by atoms with E-state index in [9.17, 15) is 4.79 Å². The summed E-state index contributed by atoms with van der Waals surface area (Å²) in [7, 11) is 0. The highest BCUT2D eigenvalue weighted by Crippen LogP contribution is 2.28. The van der Waals surface area contributed by atoms with Crippen LogP contribution in [-0.2, 0) is 0 Å². The van der Waals surface area contributed by atoms with Gasteiger partial charge in [0.1, 0.15) is 5.82 Å². The van der Waals surface area contributed by atoms with Crippen LogP contribution >= 0.6 is 0 Å². The summed E-state index contributed by atoms with van der Waals surface area (Å²) in [6.45, 7) is 1.89. The Morgan fingerprint density at radius 2 is 1.59 bits per heavy atom. The molecular weight excluding hydrogens is 360 g/mol. The van der Waals surface area contributed by atoms with Crippen LogP contribution in [0.5, 0.6) is 0 Å². The Labute approximate surface area is 167 Å². The molecular formula is C24H18N4O. The van der Waals surface area contributed by atoms with Crippen LogP contribution in [0.25, 0.3) is 33.3 Å². The Kier molecular flexibility index (Phi) is 4.06. The molecule has 2 heterocycles. The topological polar surface area (TPSA) is 70.7 Å². The average Bonchev–Trinajstić information content (AvgIpc) is 3.17. The highest BCUT2D eigenvalue weighted by Gasteiger charge is 2.15. The standard InChI is InChI=1S/C24H18N4O/c1-15-14-18(16-8-2-4-10-19(16)25-15)24(29)28-20-11-5-3-9-17(20)23-26-21-12-6-7-13-22(21)27-23/h2-14H,1H3,(H,26,27)(H,28,29). The lowest BCUT2D eigenvalue weighted by atomic mass is 10.1. The molecule has 0 aliphatic carbocycles. The van der Waals surface area contributed by atoms with E-state index in [-0.39, 0.29) is 5.91 Å². The number of aromatic nitrogens is 3. The Balaban J connectivity index is 1.56. The number of nitrogens with one attached hydrogen (secondary N) is 2. The second-order valence-electron chi connectivity index (χ2n) is 6.93. The molecule has 5 nitrogen and oxygen atoms in total. The van der Waals surface area contributed by atoms with E-state index >= 15 is 0 Å². The number of rotatable bonds is 3. The monoisotopic (exact) mass is 378 g/mol. The van der Waals surface area contributed by atoms with E-state index in [0.717, 1.165) is 39.0 Å². The normalized spacial score (nSPS) is 11.1. The summed E-state index contributed by atoms with van der Waals surface area (Å²) in [5.41, 5.74) is 5.61. The third-order valence-corrected chi connectivity index (χ3v) is 4.91. The summed E-state index contributed by atoms with van der Waals surface area (Å²) in [6, 6.07) is 25.0. The van der Waals surface area contributed by atoms with Gasteiger partial charge in [-0.1, -0.05) is 42.5 Å². The van der Waals surface area contributed by atoms with Crippen LogP contribution < -0.4 is 5.32 Å². The van der Waals surface area contributed by atoms with Gasteiger partial charge < -0.3 is 10.3 Å². The summed E-state index contributed by atoms with van der Waals surface area (Å²) < 4.78 is 0. The number of aromatic amines is 1. The molecule has 0 fully saturated rings. The average molecular weight is 378 g/mol. The molecule has 0 radical (unpaired) electrons. The molecule has 29 heavy (non-hydrogen) atoms. The van der Waals surface area contributed by atoms with E-state index in [0.29, 0.717) is 11.3 Å². The molecule has 0 aliphatic heterocycles. The predicted molar refractivity (Wildman–Crippen MR) is 116 cm³/mol. The van der Waals surface area contributed by atoms with E-state index in [2.05, 4.69) is 20.3 Å². The van der Waals surface area contributed by atoms with Crippen molar-refractivity contribution >= 4 is 33.5 Å². The Hall–Kier alpha value is -3.99. The number of hydrogen-bond donors (Lipinski definition) is 2. The highest BCUT2D eigenvalue weighted by atomic mass is 16.1. The van der Waals surface area contributed by atoms with Crippen molar-refractivity contribution in [3.05, 3.63) is 90.1 Å². The minimum atomic E-state index is -0.171. The van der Waals surface area contributed by atoms with Crippen molar-refractivity contribution in [2.45, 2.75) is 6.92 Å². The lowest BCUT2D eigenvalue weighted by Crippen LogP contribution is -2.14. The molecule has 3 aromatic carbocycles. The Bertz CT molecular complexity index is 1340. The molecule has 1 amide bonds. The lowest BCUT2D eigenvalue weighted by Gasteiger charge is -2.11. The molecule has 2 aromatic heterocycles. The van der Waals surface area contributed by atoms with Gasteiger partial charge in [-0.2, -0.15) is 0 Å². The van der Waals surface area contributed by atoms with Gasteiger partial charge in [0.25, 0.3) is 5.91 Å². The number of carbonyl (C=O) groups is 1. The Morgan fingerprint density at radius 3 is 2.45 bits per heavy atom. The number of imidazole rings is 1. The third kappa shape index (κ3) is 3.12. The first-order valence-electron chi connectivity index (χ1n) is 9.41. The maximum atomic E-state index is 13.2. The second kappa shape index (κ2) is 6.87. The molecule has 0 unspecified atom stereocenters. The van der Waals surface area contributed by atoms with Gasteiger partial charge in [-0.15, -0.1) is 0 Å².